The molecule has 26 heavy (non-hydrogen) atoms. The van der Waals surface area contributed by atoms with E-state index in [0.29, 0.717) is 28.6 Å². The Morgan fingerprint density at radius 3 is 2.81 bits per heavy atom. The van der Waals surface area contributed by atoms with Crippen molar-refractivity contribution in [2.45, 2.75) is 6.61 Å². The number of halogens is 1. The van der Waals surface area contributed by atoms with E-state index in [1.54, 1.807) is 10.8 Å². The van der Waals surface area contributed by atoms with Crippen LogP contribution in [0.1, 0.15) is 15.9 Å². The molecule has 5 rings (SSSR count). The fourth-order valence-electron chi connectivity index (χ4n) is 3.37. The van der Waals surface area contributed by atoms with Gasteiger partial charge < -0.3 is 4.74 Å². The van der Waals surface area contributed by atoms with Crippen LogP contribution in [-0.4, -0.2) is 15.5 Å². The van der Waals surface area contributed by atoms with E-state index < -0.39 is 0 Å². The summed E-state index contributed by atoms with van der Waals surface area (Å²) in [5.74, 6) is 0.457. The Morgan fingerprint density at radius 2 is 1.92 bits per heavy atom. The number of nitrogens with zero attached hydrogens (tertiary/aromatic N) is 2. The van der Waals surface area contributed by atoms with Crippen LogP contribution in [0.4, 0.5) is 0 Å². The topological polar surface area (TPSA) is 44.1 Å². The first-order valence-corrected chi connectivity index (χ1v) is 8.62. The van der Waals surface area contributed by atoms with Crippen LogP contribution < -0.4 is 4.74 Å². The second-order valence-electron chi connectivity index (χ2n) is 6.17. The Labute approximate surface area is 154 Å². The van der Waals surface area contributed by atoms with Crippen LogP contribution in [0.25, 0.3) is 22.3 Å². The second-order valence-corrected chi connectivity index (χ2v) is 6.61. The lowest BCUT2D eigenvalue weighted by atomic mass is 10.1. The number of para-hydroxylation sites is 1. The number of hydrogen-bond donors (Lipinski definition) is 0. The van der Waals surface area contributed by atoms with Gasteiger partial charge in [0.1, 0.15) is 23.6 Å². The molecule has 0 aliphatic carbocycles. The van der Waals surface area contributed by atoms with Crippen molar-refractivity contribution in [3.63, 3.8) is 0 Å². The number of fused-ring (bicyclic) bond motifs is 4. The summed E-state index contributed by atoms with van der Waals surface area (Å²) in [6.45, 7) is 0.323. The lowest BCUT2D eigenvalue weighted by Gasteiger charge is -2.13. The van der Waals surface area contributed by atoms with Gasteiger partial charge in [-0.15, -0.1) is 0 Å². The Hall–Kier alpha value is -3.11. The predicted octanol–water partition coefficient (Wildman–Crippen LogP) is 4.94. The van der Waals surface area contributed by atoms with Crippen molar-refractivity contribution < 1.29 is 9.53 Å². The molecule has 5 heteroatoms. The highest BCUT2D eigenvalue weighted by Crippen LogP contribution is 2.40. The summed E-state index contributed by atoms with van der Waals surface area (Å²) < 4.78 is 7.76. The fourth-order valence-corrected chi connectivity index (χ4v) is 3.58. The molecule has 0 atom stereocenters. The van der Waals surface area contributed by atoms with Crippen LogP contribution in [0.15, 0.2) is 66.9 Å². The number of aromatic nitrogens is 2. The van der Waals surface area contributed by atoms with Crippen LogP contribution in [0.3, 0.4) is 0 Å². The first kappa shape index (κ1) is 15.2. The Balaban J connectivity index is 1.67. The number of hydrogen-bond acceptors (Lipinski definition) is 3. The van der Waals surface area contributed by atoms with Gasteiger partial charge in [-0.25, -0.2) is 4.98 Å². The van der Waals surface area contributed by atoms with Crippen molar-refractivity contribution in [1.29, 1.82) is 0 Å². The molecule has 0 amide bonds. The number of benzene rings is 2. The molecule has 2 aromatic carbocycles. The molecule has 0 unspecified atom stereocenters. The van der Waals surface area contributed by atoms with E-state index in [2.05, 4.69) is 0 Å². The summed E-state index contributed by atoms with van der Waals surface area (Å²) in [5, 5.41) is 1.48. The Kier molecular flexibility index (Phi) is 3.33. The molecule has 0 bridgehead atoms. The minimum absolute atomic E-state index is 0.112. The van der Waals surface area contributed by atoms with Gasteiger partial charge in [0.2, 0.25) is 0 Å². The van der Waals surface area contributed by atoms with Crippen molar-refractivity contribution in [3.8, 4) is 17.1 Å². The number of carbonyl (C=O) groups excluding carboxylic acids is 1. The minimum Gasteiger partial charge on any atom is -0.487 e. The van der Waals surface area contributed by atoms with E-state index in [9.17, 15) is 4.79 Å². The molecule has 3 heterocycles. The largest absolute Gasteiger partial charge is 0.487 e. The van der Waals surface area contributed by atoms with E-state index >= 15 is 0 Å². The molecular formula is C21H13ClN2O2. The SMILES string of the molecule is O=C1c2c(nc3ccccc3c2OCc2cccc(Cl)c2)-c2cccn21. The number of carbonyl (C=O) groups is 1. The molecule has 0 fully saturated rings. The molecular weight excluding hydrogens is 348 g/mol. The third-order valence-corrected chi connectivity index (χ3v) is 4.78. The van der Waals surface area contributed by atoms with Gasteiger partial charge >= 0.3 is 0 Å². The van der Waals surface area contributed by atoms with Crippen LogP contribution in [-0.2, 0) is 6.61 Å². The highest BCUT2D eigenvalue weighted by atomic mass is 35.5. The molecule has 4 aromatic rings. The van der Waals surface area contributed by atoms with Gasteiger partial charge in [-0.05, 0) is 42.0 Å². The first-order chi connectivity index (χ1) is 12.7. The maximum Gasteiger partial charge on any atom is 0.268 e. The highest BCUT2D eigenvalue weighted by molar-refractivity contribution is 6.30. The molecule has 1 aliphatic heterocycles. The zero-order valence-electron chi connectivity index (χ0n) is 13.6. The van der Waals surface area contributed by atoms with Crippen LogP contribution in [0.5, 0.6) is 5.75 Å². The van der Waals surface area contributed by atoms with Gasteiger partial charge in [-0.2, -0.15) is 0 Å². The van der Waals surface area contributed by atoms with Crippen molar-refractivity contribution in [2.24, 2.45) is 0 Å². The number of pyridine rings is 1. The lowest BCUT2D eigenvalue weighted by molar-refractivity contribution is 0.0965. The summed E-state index contributed by atoms with van der Waals surface area (Å²) in [7, 11) is 0. The van der Waals surface area contributed by atoms with E-state index in [1.165, 1.54) is 0 Å². The third kappa shape index (κ3) is 2.23. The summed E-state index contributed by atoms with van der Waals surface area (Å²) in [4.78, 5) is 17.6. The van der Waals surface area contributed by atoms with E-state index in [0.717, 1.165) is 22.2 Å². The van der Waals surface area contributed by atoms with Crippen molar-refractivity contribution in [2.75, 3.05) is 0 Å². The monoisotopic (exact) mass is 360 g/mol. The highest BCUT2D eigenvalue weighted by Gasteiger charge is 2.32. The molecule has 0 radical (unpaired) electrons. The van der Waals surface area contributed by atoms with Crippen LogP contribution in [0, 0.1) is 0 Å². The maximum absolute atomic E-state index is 12.9. The summed E-state index contributed by atoms with van der Waals surface area (Å²) >= 11 is 6.06. The summed E-state index contributed by atoms with van der Waals surface area (Å²) in [5.41, 5.74) is 3.72. The van der Waals surface area contributed by atoms with E-state index in [-0.39, 0.29) is 5.91 Å². The Morgan fingerprint density at radius 1 is 1.04 bits per heavy atom. The van der Waals surface area contributed by atoms with Crippen molar-refractivity contribution in [3.05, 3.63) is 83.0 Å². The third-order valence-electron chi connectivity index (χ3n) is 4.54. The predicted molar refractivity (Wildman–Crippen MR) is 101 cm³/mol. The van der Waals surface area contributed by atoms with Gasteiger partial charge in [-0.1, -0.05) is 35.9 Å². The standard InChI is InChI=1S/C21H13ClN2O2/c22-14-6-3-5-13(11-14)12-26-20-15-7-1-2-8-16(15)23-19-17-9-4-10-24(17)21(25)18(19)20/h1-11H,12H2. The average Bonchev–Trinajstić information content (AvgIpc) is 3.23. The Bertz CT molecular complexity index is 1180. The molecule has 4 nitrogen and oxygen atoms in total. The van der Waals surface area contributed by atoms with Crippen molar-refractivity contribution in [1.82, 2.24) is 9.55 Å². The fraction of sp³-hybridized carbons (Fsp3) is 0.0476. The van der Waals surface area contributed by atoms with Gasteiger partial charge in [0, 0.05) is 16.6 Å². The molecule has 0 saturated carbocycles. The van der Waals surface area contributed by atoms with Gasteiger partial charge in [-0.3, -0.25) is 9.36 Å². The summed E-state index contributed by atoms with van der Waals surface area (Å²) in [6, 6.07) is 19.0. The van der Waals surface area contributed by atoms with Crippen molar-refractivity contribution >= 4 is 28.4 Å². The molecule has 1 aliphatic rings. The smallest absolute Gasteiger partial charge is 0.268 e. The second kappa shape index (κ2) is 5.71. The number of rotatable bonds is 3. The minimum atomic E-state index is -0.112. The lowest BCUT2D eigenvalue weighted by Crippen LogP contribution is -2.08. The zero-order chi connectivity index (χ0) is 17.7. The molecule has 2 aromatic heterocycles. The average molecular weight is 361 g/mol. The van der Waals surface area contributed by atoms with E-state index in [1.807, 2.05) is 60.7 Å². The molecule has 126 valence electrons. The normalized spacial score (nSPS) is 12.3. The summed E-state index contributed by atoms with van der Waals surface area (Å²) in [6.07, 6.45) is 1.75. The van der Waals surface area contributed by atoms with Gasteiger partial charge in [0.05, 0.1) is 11.2 Å². The quantitative estimate of drug-likeness (QED) is 0.458. The van der Waals surface area contributed by atoms with Gasteiger partial charge in [0.25, 0.3) is 5.91 Å². The molecule has 0 saturated heterocycles. The molecule has 0 N–H and O–H groups in total. The zero-order valence-corrected chi connectivity index (χ0v) is 14.4. The molecule has 0 spiro atoms. The van der Waals surface area contributed by atoms with Crippen LogP contribution in [0.2, 0.25) is 5.02 Å². The van der Waals surface area contributed by atoms with Crippen LogP contribution >= 0.6 is 11.6 Å². The number of ether oxygens (including phenoxy) is 1. The van der Waals surface area contributed by atoms with E-state index in [4.69, 9.17) is 21.3 Å². The maximum atomic E-state index is 12.9. The van der Waals surface area contributed by atoms with Gasteiger partial charge in [0.15, 0.2) is 0 Å². The first-order valence-electron chi connectivity index (χ1n) is 8.25.